The summed E-state index contributed by atoms with van der Waals surface area (Å²) in [6.07, 6.45) is 4.39. The van der Waals surface area contributed by atoms with Crippen LogP contribution < -0.4 is 4.90 Å². The molecule has 1 aromatic heterocycles. The van der Waals surface area contributed by atoms with Crippen molar-refractivity contribution in [1.29, 1.82) is 0 Å². The third-order valence-corrected chi connectivity index (χ3v) is 3.05. The Morgan fingerprint density at radius 3 is 3.19 bits per heavy atom. The zero-order valence-electron chi connectivity index (χ0n) is 9.93. The minimum Gasteiger partial charge on any atom is -0.381 e. The molecule has 2 heterocycles. The Hall–Kier alpha value is -1.09. The van der Waals surface area contributed by atoms with Gasteiger partial charge in [-0.1, -0.05) is 6.07 Å². The molecule has 1 atom stereocenters. The van der Waals surface area contributed by atoms with Gasteiger partial charge < -0.3 is 9.64 Å². The summed E-state index contributed by atoms with van der Waals surface area (Å²) in [6.45, 7) is 5.97. The molecule has 1 saturated heterocycles. The van der Waals surface area contributed by atoms with Crippen molar-refractivity contribution in [1.82, 2.24) is 4.98 Å². The molecule has 0 saturated carbocycles. The molecule has 3 nitrogen and oxygen atoms in total. The first-order valence-corrected chi connectivity index (χ1v) is 6.14. The van der Waals surface area contributed by atoms with E-state index in [-0.39, 0.29) is 0 Å². The predicted molar refractivity (Wildman–Crippen MR) is 65.7 cm³/mol. The number of anilines is 1. The molecule has 0 spiro atoms. The van der Waals surface area contributed by atoms with Gasteiger partial charge in [0.25, 0.3) is 0 Å². The van der Waals surface area contributed by atoms with Crippen LogP contribution in [-0.2, 0) is 4.74 Å². The van der Waals surface area contributed by atoms with E-state index in [1.165, 1.54) is 12.8 Å². The normalized spacial score (nSPS) is 21.1. The van der Waals surface area contributed by atoms with Gasteiger partial charge in [-0.25, -0.2) is 4.98 Å². The molecular weight excluding hydrogens is 200 g/mol. The standard InChI is InChI=1S/C13H20N2O/c1-2-16-11-12-6-5-9-15(10-12)13-7-3-4-8-14-13/h3-4,7-8,12H,2,5-6,9-11H2,1H3. The Bertz CT molecular complexity index is 302. The summed E-state index contributed by atoms with van der Waals surface area (Å²) < 4.78 is 5.51. The van der Waals surface area contributed by atoms with Gasteiger partial charge >= 0.3 is 0 Å². The second-order valence-electron chi connectivity index (χ2n) is 4.30. The first kappa shape index (κ1) is 11.4. The molecule has 2 rings (SSSR count). The van der Waals surface area contributed by atoms with Gasteiger partial charge in [0.15, 0.2) is 0 Å². The molecule has 1 aliphatic heterocycles. The summed E-state index contributed by atoms with van der Waals surface area (Å²) in [7, 11) is 0. The summed E-state index contributed by atoms with van der Waals surface area (Å²) in [6, 6.07) is 6.10. The number of piperidine rings is 1. The molecule has 1 fully saturated rings. The summed E-state index contributed by atoms with van der Waals surface area (Å²) in [5.41, 5.74) is 0. The molecule has 1 unspecified atom stereocenters. The van der Waals surface area contributed by atoms with Gasteiger partial charge in [0, 0.05) is 25.9 Å². The number of nitrogens with zero attached hydrogens (tertiary/aromatic N) is 2. The third-order valence-electron chi connectivity index (χ3n) is 3.05. The fourth-order valence-corrected chi connectivity index (χ4v) is 2.23. The average Bonchev–Trinajstić information content (AvgIpc) is 2.38. The number of pyridine rings is 1. The SMILES string of the molecule is CCOCC1CCCN(c2ccccn2)C1. The van der Waals surface area contributed by atoms with Crippen molar-refractivity contribution in [3.05, 3.63) is 24.4 Å². The van der Waals surface area contributed by atoms with Crippen LogP contribution in [0.3, 0.4) is 0 Å². The van der Waals surface area contributed by atoms with Crippen LogP contribution in [0.4, 0.5) is 5.82 Å². The van der Waals surface area contributed by atoms with E-state index < -0.39 is 0 Å². The molecule has 1 aromatic rings. The van der Waals surface area contributed by atoms with E-state index >= 15 is 0 Å². The molecule has 1 aliphatic rings. The van der Waals surface area contributed by atoms with Crippen LogP contribution in [-0.4, -0.2) is 31.3 Å². The molecule has 0 radical (unpaired) electrons. The topological polar surface area (TPSA) is 25.4 Å². The van der Waals surface area contributed by atoms with E-state index in [0.29, 0.717) is 5.92 Å². The summed E-state index contributed by atoms with van der Waals surface area (Å²) in [5, 5.41) is 0. The Kier molecular flexibility index (Phi) is 4.17. The number of aromatic nitrogens is 1. The summed E-state index contributed by atoms with van der Waals surface area (Å²) in [4.78, 5) is 6.77. The Morgan fingerprint density at radius 2 is 2.44 bits per heavy atom. The fourth-order valence-electron chi connectivity index (χ4n) is 2.23. The fraction of sp³-hybridized carbons (Fsp3) is 0.615. The quantitative estimate of drug-likeness (QED) is 0.778. The number of hydrogen-bond donors (Lipinski definition) is 0. The zero-order valence-corrected chi connectivity index (χ0v) is 9.93. The van der Waals surface area contributed by atoms with Crippen LogP contribution in [0.25, 0.3) is 0 Å². The highest BCUT2D eigenvalue weighted by Crippen LogP contribution is 2.21. The van der Waals surface area contributed by atoms with Crippen LogP contribution in [0.15, 0.2) is 24.4 Å². The minimum atomic E-state index is 0.663. The van der Waals surface area contributed by atoms with Gasteiger partial charge in [-0.15, -0.1) is 0 Å². The first-order valence-electron chi connectivity index (χ1n) is 6.14. The Balaban J connectivity index is 1.91. The average molecular weight is 220 g/mol. The van der Waals surface area contributed by atoms with Gasteiger partial charge in [-0.2, -0.15) is 0 Å². The molecule has 0 aromatic carbocycles. The molecule has 0 N–H and O–H groups in total. The predicted octanol–water partition coefficient (Wildman–Crippen LogP) is 2.33. The third kappa shape index (κ3) is 2.95. The lowest BCUT2D eigenvalue weighted by Gasteiger charge is -2.33. The van der Waals surface area contributed by atoms with Crippen molar-refractivity contribution in [2.75, 3.05) is 31.2 Å². The number of hydrogen-bond acceptors (Lipinski definition) is 3. The molecule has 0 bridgehead atoms. The van der Waals surface area contributed by atoms with Crippen molar-refractivity contribution >= 4 is 5.82 Å². The van der Waals surface area contributed by atoms with Crippen molar-refractivity contribution in [2.45, 2.75) is 19.8 Å². The van der Waals surface area contributed by atoms with Crippen molar-refractivity contribution in [3.8, 4) is 0 Å². The van der Waals surface area contributed by atoms with E-state index in [1.54, 1.807) is 0 Å². The first-order chi connectivity index (χ1) is 7.90. The van der Waals surface area contributed by atoms with Crippen molar-refractivity contribution < 1.29 is 4.74 Å². The van der Waals surface area contributed by atoms with Crippen LogP contribution in [0.2, 0.25) is 0 Å². The Morgan fingerprint density at radius 1 is 1.50 bits per heavy atom. The van der Waals surface area contributed by atoms with Gasteiger partial charge in [0.1, 0.15) is 5.82 Å². The lowest BCUT2D eigenvalue weighted by molar-refractivity contribution is 0.104. The largest absolute Gasteiger partial charge is 0.381 e. The maximum Gasteiger partial charge on any atom is 0.128 e. The lowest BCUT2D eigenvalue weighted by atomic mass is 9.99. The monoisotopic (exact) mass is 220 g/mol. The molecule has 88 valence electrons. The molecular formula is C13H20N2O. The molecule has 0 amide bonds. The van der Waals surface area contributed by atoms with Crippen LogP contribution in [0, 0.1) is 5.92 Å². The van der Waals surface area contributed by atoms with E-state index in [9.17, 15) is 0 Å². The smallest absolute Gasteiger partial charge is 0.128 e. The van der Waals surface area contributed by atoms with Gasteiger partial charge in [0.05, 0.1) is 6.61 Å². The number of rotatable bonds is 4. The van der Waals surface area contributed by atoms with Crippen molar-refractivity contribution in [2.24, 2.45) is 5.92 Å². The van der Waals surface area contributed by atoms with Gasteiger partial charge in [-0.3, -0.25) is 0 Å². The maximum atomic E-state index is 5.51. The van der Waals surface area contributed by atoms with Crippen LogP contribution in [0.1, 0.15) is 19.8 Å². The minimum absolute atomic E-state index is 0.663. The van der Waals surface area contributed by atoms with Gasteiger partial charge in [-0.05, 0) is 37.8 Å². The highest BCUT2D eigenvalue weighted by Gasteiger charge is 2.20. The molecule has 0 aliphatic carbocycles. The lowest BCUT2D eigenvalue weighted by Crippen LogP contribution is -2.37. The zero-order chi connectivity index (χ0) is 11.2. The maximum absolute atomic E-state index is 5.51. The number of ether oxygens (including phenoxy) is 1. The molecule has 16 heavy (non-hydrogen) atoms. The van der Waals surface area contributed by atoms with Crippen LogP contribution in [0.5, 0.6) is 0 Å². The van der Waals surface area contributed by atoms with E-state index in [4.69, 9.17) is 4.74 Å². The molecule has 3 heteroatoms. The Labute approximate surface area is 97.4 Å². The van der Waals surface area contributed by atoms with E-state index in [1.807, 2.05) is 12.3 Å². The summed E-state index contributed by atoms with van der Waals surface area (Å²) >= 11 is 0. The van der Waals surface area contributed by atoms with Crippen molar-refractivity contribution in [3.63, 3.8) is 0 Å². The highest BCUT2D eigenvalue weighted by molar-refractivity contribution is 5.38. The second-order valence-corrected chi connectivity index (χ2v) is 4.30. The summed E-state index contributed by atoms with van der Waals surface area (Å²) in [5.74, 6) is 1.76. The second kappa shape index (κ2) is 5.85. The van der Waals surface area contributed by atoms with E-state index in [2.05, 4.69) is 28.9 Å². The van der Waals surface area contributed by atoms with Gasteiger partial charge in [0.2, 0.25) is 0 Å². The highest BCUT2D eigenvalue weighted by atomic mass is 16.5. The van der Waals surface area contributed by atoms with E-state index in [0.717, 1.165) is 32.1 Å². The van der Waals surface area contributed by atoms with Crippen LogP contribution >= 0.6 is 0 Å².